The van der Waals surface area contributed by atoms with E-state index in [1.165, 1.54) is 12.2 Å². The lowest BCUT2D eigenvalue weighted by Crippen LogP contribution is -2.37. The van der Waals surface area contributed by atoms with Crippen LogP contribution in [0, 0.1) is 0 Å². The maximum absolute atomic E-state index is 5.51. The first kappa shape index (κ1) is 11.7. The number of anilines is 1. The Kier molecular flexibility index (Phi) is 4.01. The first-order valence-corrected chi connectivity index (χ1v) is 6.73. The molecule has 88 valence electrons. The summed E-state index contributed by atoms with van der Waals surface area (Å²) in [6.45, 7) is 5.45. The molecule has 0 aliphatic carbocycles. The molecule has 0 spiro atoms. The molecule has 1 atom stereocenters. The zero-order valence-corrected chi connectivity index (χ0v) is 10.4. The minimum absolute atomic E-state index is 0.490. The molecule has 0 radical (unpaired) electrons. The molecule has 0 bridgehead atoms. The maximum atomic E-state index is 5.51. The highest BCUT2D eigenvalue weighted by atomic mass is 32.2. The first-order valence-electron chi connectivity index (χ1n) is 5.68. The molecule has 16 heavy (non-hydrogen) atoms. The van der Waals surface area contributed by atoms with Gasteiger partial charge in [-0.25, -0.2) is 4.98 Å². The summed E-state index contributed by atoms with van der Waals surface area (Å²) in [5.74, 6) is 1.71. The molecule has 4 nitrogen and oxygen atoms in total. The number of aromatic nitrogens is 2. The monoisotopic (exact) mass is 238 g/mol. The van der Waals surface area contributed by atoms with Crippen LogP contribution in [-0.4, -0.2) is 39.0 Å². The average molecular weight is 238 g/mol. The lowest BCUT2D eigenvalue weighted by Gasteiger charge is -2.31. The standard InChI is InChI=1S/C11H18N4S/c1-2-10-8-15(3-4-16-10)7-9-5-14-11(12)6-13-9/h5-6,10H,2-4,7-8H2,1H3,(H2,12,14). The molecule has 1 unspecified atom stereocenters. The van der Waals surface area contributed by atoms with Crippen molar-refractivity contribution in [3.63, 3.8) is 0 Å². The lowest BCUT2D eigenvalue weighted by molar-refractivity contribution is 0.270. The predicted molar refractivity (Wildman–Crippen MR) is 68.3 cm³/mol. The zero-order valence-electron chi connectivity index (χ0n) is 9.59. The van der Waals surface area contributed by atoms with Crippen molar-refractivity contribution in [2.24, 2.45) is 0 Å². The summed E-state index contributed by atoms with van der Waals surface area (Å²) in [7, 11) is 0. The van der Waals surface area contributed by atoms with Gasteiger partial charge in [0, 0.05) is 30.6 Å². The van der Waals surface area contributed by atoms with Gasteiger partial charge in [-0.3, -0.25) is 9.88 Å². The Morgan fingerprint density at radius 1 is 1.50 bits per heavy atom. The Hall–Kier alpha value is -0.810. The molecule has 1 aromatic rings. The minimum atomic E-state index is 0.490. The summed E-state index contributed by atoms with van der Waals surface area (Å²) in [5, 5.41) is 0.774. The van der Waals surface area contributed by atoms with Crippen molar-refractivity contribution in [3.8, 4) is 0 Å². The summed E-state index contributed by atoms with van der Waals surface area (Å²) in [6, 6.07) is 0. The van der Waals surface area contributed by atoms with Crippen molar-refractivity contribution in [2.45, 2.75) is 25.1 Å². The van der Waals surface area contributed by atoms with Crippen LogP contribution in [0.5, 0.6) is 0 Å². The number of hydrogen-bond donors (Lipinski definition) is 1. The van der Waals surface area contributed by atoms with Crippen LogP contribution in [0.3, 0.4) is 0 Å². The van der Waals surface area contributed by atoms with E-state index in [0.29, 0.717) is 5.82 Å². The largest absolute Gasteiger partial charge is 0.382 e. The van der Waals surface area contributed by atoms with Crippen molar-refractivity contribution >= 4 is 17.6 Å². The van der Waals surface area contributed by atoms with Gasteiger partial charge in [0.25, 0.3) is 0 Å². The summed E-state index contributed by atoms with van der Waals surface area (Å²) in [4.78, 5) is 10.8. The number of nitrogens with two attached hydrogens (primary N) is 1. The molecule has 0 amide bonds. The van der Waals surface area contributed by atoms with Crippen molar-refractivity contribution in [2.75, 3.05) is 24.6 Å². The molecule has 5 heteroatoms. The lowest BCUT2D eigenvalue weighted by atomic mass is 10.3. The fourth-order valence-electron chi connectivity index (χ4n) is 1.85. The number of hydrogen-bond acceptors (Lipinski definition) is 5. The van der Waals surface area contributed by atoms with Gasteiger partial charge in [0.2, 0.25) is 0 Å². The molecule has 2 heterocycles. The van der Waals surface area contributed by atoms with E-state index in [0.717, 1.165) is 30.6 Å². The maximum Gasteiger partial charge on any atom is 0.141 e. The molecule has 1 saturated heterocycles. The van der Waals surface area contributed by atoms with E-state index in [-0.39, 0.29) is 0 Å². The second kappa shape index (κ2) is 5.50. The Morgan fingerprint density at radius 2 is 2.38 bits per heavy atom. The van der Waals surface area contributed by atoms with Gasteiger partial charge in [-0.1, -0.05) is 6.92 Å². The summed E-state index contributed by atoms with van der Waals surface area (Å²) in [5.41, 5.74) is 6.52. The molecule has 0 saturated carbocycles. The third kappa shape index (κ3) is 3.09. The summed E-state index contributed by atoms with van der Waals surface area (Å²) < 4.78 is 0. The highest BCUT2D eigenvalue weighted by Gasteiger charge is 2.19. The third-order valence-corrected chi connectivity index (χ3v) is 4.16. The fraction of sp³-hybridized carbons (Fsp3) is 0.636. The van der Waals surface area contributed by atoms with Crippen LogP contribution in [0.1, 0.15) is 19.0 Å². The van der Waals surface area contributed by atoms with Crippen LogP contribution in [-0.2, 0) is 6.54 Å². The Balaban J connectivity index is 1.91. The molecule has 1 aliphatic rings. The van der Waals surface area contributed by atoms with Gasteiger partial charge in [0.1, 0.15) is 5.82 Å². The van der Waals surface area contributed by atoms with E-state index in [2.05, 4.69) is 33.6 Å². The smallest absolute Gasteiger partial charge is 0.141 e. The number of thioether (sulfide) groups is 1. The topological polar surface area (TPSA) is 55.0 Å². The van der Waals surface area contributed by atoms with Gasteiger partial charge < -0.3 is 5.73 Å². The van der Waals surface area contributed by atoms with Gasteiger partial charge in [-0.15, -0.1) is 0 Å². The third-order valence-electron chi connectivity index (χ3n) is 2.79. The first-order chi connectivity index (χ1) is 7.78. The molecule has 0 aromatic carbocycles. The highest BCUT2D eigenvalue weighted by Crippen LogP contribution is 2.21. The number of nitrogens with zero attached hydrogens (tertiary/aromatic N) is 3. The molecule has 1 aliphatic heterocycles. The van der Waals surface area contributed by atoms with Crippen LogP contribution in [0.4, 0.5) is 5.82 Å². The molecule has 1 aromatic heterocycles. The average Bonchev–Trinajstić information content (AvgIpc) is 2.32. The Labute approximate surface area is 101 Å². The molecular weight excluding hydrogens is 220 g/mol. The van der Waals surface area contributed by atoms with Gasteiger partial charge in [-0.05, 0) is 6.42 Å². The van der Waals surface area contributed by atoms with Crippen molar-refractivity contribution < 1.29 is 0 Å². The van der Waals surface area contributed by atoms with Crippen molar-refractivity contribution in [1.82, 2.24) is 14.9 Å². The van der Waals surface area contributed by atoms with E-state index < -0.39 is 0 Å². The molecule has 1 fully saturated rings. The van der Waals surface area contributed by atoms with Crippen molar-refractivity contribution in [3.05, 3.63) is 18.1 Å². The van der Waals surface area contributed by atoms with E-state index in [4.69, 9.17) is 5.73 Å². The SMILES string of the molecule is CCC1CN(Cc2cnc(N)cn2)CCS1. The molecular formula is C11H18N4S. The summed E-state index contributed by atoms with van der Waals surface area (Å²) >= 11 is 2.08. The highest BCUT2D eigenvalue weighted by molar-refractivity contribution is 8.00. The second-order valence-corrected chi connectivity index (χ2v) is 5.48. The van der Waals surface area contributed by atoms with Gasteiger partial charge in [-0.2, -0.15) is 11.8 Å². The van der Waals surface area contributed by atoms with Crippen LogP contribution in [0.25, 0.3) is 0 Å². The molecule has 2 N–H and O–H groups in total. The van der Waals surface area contributed by atoms with Gasteiger partial charge in [0.05, 0.1) is 18.1 Å². The van der Waals surface area contributed by atoms with Crippen LogP contribution in [0.15, 0.2) is 12.4 Å². The van der Waals surface area contributed by atoms with Crippen LogP contribution < -0.4 is 5.73 Å². The number of rotatable bonds is 3. The quantitative estimate of drug-likeness (QED) is 0.862. The van der Waals surface area contributed by atoms with Crippen molar-refractivity contribution in [1.29, 1.82) is 0 Å². The van der Waals surface area contributed by atoms with Gasteiger partial charge >= 0.3 is 0 Å². The van der Waals surface area contributed by atoms with E-state index in [1.54, 1.807) is 12.4 Å². The predicted octanol–water partition coefficient (Wildman–Crippen LogP) is 1.39. The zero-order chi connectivity index (χ0) is 11.4. The minimum Gasteiger partial charge on any atom is -0.382 e. The van der Waals surface area contributed by atoms with Gasteiger partial charge in [0.15, 0.2) is 0 Å². The number of nitrogen functional groups attached to an aromatic ring is 1. The Bertz CT molecular complexity index is 327. The fourth-order valence-corrected chi connectivity index (χ4v) is 3.10. The van der Waals surface area contributed by atoms with Crippen LogP contribution >= 0.6 is 11.8 Å². The van der Waals surface area contributed by atoms with E-state index in [1.807, 2.05) is 0 Å². The van der Waals surface area contributed by atoms with E-state index >= 15 is 0 Å². The van der Waals surface area contributed by atoms with E-state index in [9.17, 15) is 0 Å². The van der Waals surface area contributed by atoms with Crippen LogP contribution in [0.2, 0.25) is 0 Å². The molecule has 2 rings (SSSR count). The Morgan fingerprint density at radius 3 is 3.06 bits per heavy atom. The normalized spacial score (nSPS) is 22.2. The second-order valence-electron chi connectivity index (χ2n) is 4.07. The summed E-state index contributed by atoms with van der Waals surface area (Å²) in [6.07, 6.45) is 4.65.